The number of nitrogens with one attached hydrogen (secondary N) is 3. The standard InChI is InChI=1S/C15H23N3O5/c1-2-23-14(21)9-8-12(19)17-18-13(20)10-16-15(22)11-6-4-3-5-7-11/h8-9,11H,2-7,10H2,1H3,(H,16,22)(H,17,19)(H,18,20). The Morgan fingerprint density at radius 1 is 1.04 bits per heavy atom. The highest BCUT2D eigenvalue weighted by molar-refractivity contribution is 5.95. The molecule has 0 heterocycles. The third-order valence-corrected chi connectivity index (χ3v) is 3.38. The molecule has 1 aliphatic rings. The average Bonchev–Trinajstić information content (AvgIpc) is 2.57. The van der Waals surface area contributed by atoms with Crippen LogP contribution in [0.5, 0.6) is 0 Å². The van der Waals surface area contributed by atoms with E-state index in [1.165, 1.54) is 0 Å². The molecule has 0 unspecified atom stereocenters. The second-order valence-corrected chi connectivity index (χ2v) is 5.18. The van der Waals surface area contributed by atoms with E-state index in [9.17, 15) is 19.2 Å². The normalized spacial score (nSPS) is 15.0. The van der Waals surface area contributed by atoms with Gasteiger partial charge in [0.2, 0.25) is 5.91 Å². The van der Waals surface area contributed by atoms with Gasteiger partial charge in [-0.15, -0.1) is 0 Å². The first-order chi connectivity index (χ1) is 11.0. The van der Waals surface area contributed by atoms with Crippen molar-refractivity contribution in [2.45, 2.75) is 39.0 Å². The number of hydrazine groups is 1. The largest absolute Gasteiger partial charge is 0.463 e. The fourth-order valence-corrected chi connectivity index (χ4v) is 2.23. The van der Waals surface area contributed by atoms with Gasteiger partial charge in [0.1, 0.15) is 0 Å². The van der Waals surface area contributed by atoms with Crippen molar-refractivity contribution in [2.24, 2.45) is 5.92 Å². The van der Waals surface area contributed by atoms with Gasteiger partial charge in [-0.05, 0) is 19.8 Å². The molecule has 0 spiro atoms. The molecule has 1 fully saturated rings. The van der Waals surface area contributed by atoms with Crippen LogP contribution in [0.4, 0.5) is 0 Å². The topological polar surface area (TPSA) is 114 Å². The first-order valence-electron chi connectivity index (χ1n) is 7.74. The Balaban J connectivity index is 2.19. The van der Waals surface area contributed by atoms with Crippen LogP contribution in [0.2, 0.25) is 0 Å². The van der Waals surface area contributed by atoms with Crippen LogP contribution in [0.3, 0.4) is 0 Å². The number of amides is 3. The molecule has 8 heteroatoms. The van der Waals surface area contributed by atoms with E-state index in [0.29, 0.717) is 0 Å². The van der Waals surface area contributed by atoms with E-state index in [1.54, 1.807) is 6.92 Å². The van der Waals surface area contributed by atoms with Crippen molar-refractivity contribution in [3.8, 4) is 0 Å². The Hall–Kier alpha value is -2.38. The third kappa shape index (κ3) is 7.98. The van der Waals surface area contributed by atoms with Gasteiger partial charge >= 0.3 is 5.97 Å². The Labute approximate surface area is 135 Å². The highest BCUT2D eigenvalue weighted by Crippen LogP contribution is 2.23. The number of carbonyl (C=O) groups is 4. The molecule has 0 radical (unpaired) electrons. The first kappa shape index (κ1) is 18.7. The predicted molar refractivity (Wildman–Crippen MR) is 81.6 cm³/mol. The van der Waals surface area contributed by atoms with Crippen LogP contribution in [0, 0.1) is 5.92 Å². The van der Waals surface area contributed by atoms with E-state index in [4.69, 9.17) is 0 Å². The van der Waals surface area contributed by atoms with Crippen molar-refractivity contribution >= 4 is 23.7 Å². The molecule has 0 bridgehead atoms. The van der Waals surface area contributed by atoms with E-state index >= 15 is 0 Å². The summed E-state index contributed by atoms with van der Waals surface area (Å²) in [5, 5.41) is 2.55. The summed E-state index contributed by atoms with van der Waals surface area (Å²) < 4.78 is 4.60. The van der Waals surface area contributed by atoms with Gasteiger partial charge in [-0.2, -0.15) is 0 Å². The fraction of sp³-hybridized carbons (Fsp3) is 0.600. The van der Waals surface area contributed by atoms with Gasteiger partial charge in [-0.1, -0.05) is 19.3 Å². The molecule has 1 aliphatic carbocycles. The smallest absolute Gasteiger partial charge is 0.330 e. The lowest BCUT2D eigenvalue weighted by Gasteiger charge is -2.20. The van der Waals surface area contributed by atoms with Crippen LogP contribution in [0.25, 0.3) is 0 Å². The maximum Gasteiger partial charge on any atom is 0.330 e. The number of esters is 1. The molecule has 0 saturated heterocycles. The van der Waals surface area contributed by atoms with Crippen LogP contribution in [0.15, 0.2) is 12.2 Å². The summed E-state index contributed by atoms with van der Waals surface area (Å²) in [5.41, 5.74) is 4.24. The SMILES string of the molecule is CCOC(=O)C=CC(=O)NNC(=O)CNC(=O)C1CCCCC1. The minimum atomic E-state index is -0.676. The van der Waals surface area contributed by atoms with Crippen molar-refractivity contribution in [3.05, 3.63) is 12.2 Å². The van der Waals surface area contributed by atoms with Crippen molar-refractivity contribution in [2.75, 3.05) is 13.2 Å². The number of hydrogen-bond donors (Lipinski definition) is 3. The zero-order valence-corrected chi connectivity index (χ0v) is 13.2. The summed E-state index contributed by atoms with van der Waals surface area (Å²) in [4.78, 5) is 45.7. The summed E-state index contributed by atoms with van der Waals surface area (Å²) in [6, 6.07) is 0. The first-order valence-corrected chi connectivity index (χ1v) is 7.74. The molecule has 0 aromatic rings. The minimum Gasteiger partial charge on any atom is -0.463 e. The van der Waals surface area contributed by atoms with Gasteiger partial charge in [0.05, 0.1) is 13.2 Å². The van der Waals surface area contributed by atoms with E-state index in [2.05, 4.69) is 20.9 Å². The number of rotatable bonds is 6. The lowest BCUT2D eigenvalue weighted by atomic mass is 9.89. The molecule has 0 aromatic carbocycles. The molecule has 128 valence electrons. The number of carbonyl (C=O) groups excluding carboxylic acids is 4. The lowest BCUT2D eigenvalue weighted by molar-refractivity contribution is -0.137. The Morgan fingerprint density at radius 2 is 1.74 bits per heavy atom. The molecule has 23 heavy (non-hydrogen) atoms. The molecular weight excluding hydrogens is 302 g/mol. The lowest BCUT2D eigenvalue weighted by Crippen LogP contribution is -2.46. The monoisotopic (exact) mass is 325 g/mol. The Morgan fingerprint density at radius 3 is 2.39 bits per heavy atom. The molecule has 0 atom stereocenters. The zero-order chi connectivity index (χ0) is 17.1. The van der Waals surface area contributed by atoms with E-state index in [0.717, 1.165) is 44.3 Å². The highest BCUT2D eigenvalue weighted by Gasteiger charge is 2.21. The fourth-order valence-electron chi connectivity index (χ4n) is 2.23. The summed E-state index contributed by atoms with van der Waals surface area (Å²) in [6.45, 7) is 1.65. The zero-order valence-electron chi connectivity index (χ0n) is 13.2. The third-order valence-electron chi connectivity index (χ3n) is 3.38. The van der Waals surface area contributed by atoms with E-state index in [-0.39, 0.29) is 25.0 Å². The van der Waals surface area contributed by atoms with Crippen LogP contribution in [-0.4, -0.2) is 36.8 Å². The quantitative estimate of drug-likeness (QED) is 0.360. The minimum absolute atomic E-state index is 0.0290. The van der Waals surface area contributed by atoms with Gasteiger partial charge in [0.15, 0.2) is 0 Å². The van der Waals surface area contributed by atoms with Crippen LogP contribution in [-0.2, 0) is 23.9 Å². The van der Waals surface area contributed by atoms with Crippen LogP contribution < -0.4 is 16.2 Å². The van der Waals surface area contributed by atoms with Crippen LogP contribution >= 0.6 is 0 Å². The summed E-state index contributed by atoms with van der Waals surface area (Å²) >= 11 is 0. The molecule has 3 N–H and O–H groups in total. The number of ether oxygens (including phenoxy) is 1. The van der Waals surface area contributed by atoms with Gasteiger partial charge in [-0.25, -0.2) is 4.79 Å². The Kier molecular flexibility index (Phi) is 8.41. The summed E-state index contributed by atoms with van der Waals surface area (Å²) in [6.07, 6.45) is 6.82. The van der Waals surface area contributed by atoms with E-state index in [1.807, 2.05) is 0 Å². The van der Waals surface area contributed by atoms with Crippen LogP contribution in [0.1, 0.15) is 39.0 Å². The summed E-state index contributed by atoms with van der Waals surface area (Å²) in [5.74, 6) is -2.03. The van der Waals surface area contributed by atoms with Gasteiger partial charge in [0, 0.05) is 18.1 Å². The van der Waals surface area contributed by atoms with E-state index < -0.39 is 17.8 Å². The maximum absolute atomic E-state index is 11.8. The highest BCUT2D eigenvalue weighted by atomic mass is 16.5. The Bertz CT molecular complexity index is 470. The average molecular weight is 325 g/mol. The maximum atomic E-state index is 11.8. The second-order valence-electron chi connectivity index (χ2n) is 5.18. The van der Waals surface area contributed by atoms with Gasteiger partial charge in [-0.3, -0.25) is 25.2 Å². The molecule has 1 saturated carbocycles. The molecule has 3 amide bonds. The summed E-state index contributed by atoms with van der Waals surface area (Å²) in [7, 11) is 0. The molecule has 0 aromatic heterocycles. The molecule has 0 aliphatic heterocycles. The molecular formula is C15H23N3O5. The van der Waals surface area contributed by atoms with Crippen molar-refractivity contribution in [3.63, 3.8) is 0 Å². The second kappa shape index (κ2) is 10.4. The predicted octanol–water partition coefficient (Wildman–Crippen LogP) is -0.0504. The van der Waals surface area contributed by atoms with Gasteiger partial charge < -0.3 is 10.1 Å². The van der Waals surface area contributed by atoms with Crippen molar-refractivity contribution < 1.29 is 23.9 Å². The molecule has 8 nitrogen and oxygen atoms in total. The molecule has 1 rings (SSSR count). The van der Waals surface area contributed by atoms with Crippen molar-refractivity contribution in [1.82, 2.24) is 16.2 Å². The van der Waals surface area contributed by atoms with Crippen molar-refractivity contribution in [1.29, 1.82) is 0 Å². The van der Waals surface area contributed by atoms with Gasteiger partial charge in [0.25, 0.3) is 11.8 Å². The number of hydrogen-bond acceptors (Lipinski definition) is 5.